The first-order valence-corrected chi connectivity index (χ1v) is 4.88. The summed E-state index contributed by atoms with van der Waals surface area (Å²) in [6, 6.07) is 1.87. The molecule has 80 valence electrons. The molecule has 0 aliphatic heterocycles. The van der Waals surface area contributed by atoms with Gasteiger partial charge in [-0.3, -0.25) is 0 Å². The molecule has 4 heteroatoms. The first-order chi connectivity index (χ1) is 7.20. The molecule has 0 aliphatic rings. The highest BCUT2D eigenvalue weighted by molar-refractivity contribution is 5.48. The number of fused-ring (bicyclic) bond motifs is 1. The molecule has 15 heavy (non-hydrogen) atoms. The Bertz CT molecular complexity index is 463. The van der Waals surface area contributed by atoms with E-state index in [4.69, 9.17) is 4.74 Å². The van der Waals surface area contributed by atoms with E-state index in [1.54, 1.807) is 20.2 Å². The van der Waals surface area contributed by atoms with Crippen molar-refractivity contribution in [1.29, 1.82) is 0 Å². The minimum atomic E-state index is -0.375. The lowest BCUT2D eigenvalue weighted by Gasteiger charge is -2.10. The molecule has 0 bridgehead atoms. The highest BCUT2D eigenvalue weighted by atomic mass is 16.5. The summed E-state index contributed by atoms with van der Waals surface area (Å²) in [7, 11) is 1.63. The van der Waals surface area contributed by atoms with Crippen molar-refractivity contribution in [3.05, 3.63) is 30.2 Å². The molecular formula is C11H14N2O2. The number of aliphatic hydroxyl groups excluding tert-OH is 1. The molecule has 2 heterocycles. The van der Waals surface area contributed by atoms with Crippen molar-refractivity contribution >= 4 is 5.65 Å². The average molecular weight is 206 g/mol. The summed E-state index contributed by atoms with van der Waals surface area (Å²) in [6.07, 6.45) is 5.76. The van der Waals surface area contributed by atoms with E-state index in [1.807, 2.05) is 22.9 Å². The third kappa shape index (κ3) is 1.94. The average Bonchev–Trinajstić information content (AvgIpc) is 2.62. The number of rotatable bonds is 3. The number of methoxy groups -OCH3 is 1. The summed E-state index contributed by atoms with van der Waals surface area (Å²) < 4.78 is 7.18. The largest absolute Gasteiger partial charge is 0.496 e. The number of imidazole rings is 1. The molecule has 0 aliphatic carbocycles. The van der Waals surface area contributed by atoms with E-state index in [9.17, 15) is 5.11 Å². The molecule has 1 atom stereocenters. The van der Waals surface area contributed by atoms with Crippen molar-refractivity contribution in [2.24, 2.45) is 0 Å². The Balaban J connectivity index is 2.49. The normalized spacial score (nSPS) is 13.0. The predicted octanol–water partition coefficient (Wildman–Crippen LogP) is 1.27. The lowest BCUT2D eigenvalue weighted by molar-refractivity contribution is 0.194. The van der Waals surface area contributed by atoms with Crippen molar-refractivity contribution in [2.45, 2.75) is 19.4 Å². The van der Waals surface area contributed by atoms with Crippen LogP contribution in [0, 0.1) is 0 Å². The van der Waals surface area contributed by atoms with Crippen molar-refractivity contribution in [1.82, 2.24) is 9.38 Å². The lowest BCUT2D eigenvalue weighted by Crippen LogP contribution is -2.06. The first kappa shape index (κ1) is 9.98. The molecule has 2 aromatic heterocycles. The van der Waals surface area contributed by atoms with Crippen LogP contribution < -0.4 is 4.74 Å². The minimum absolute atomic E-state index is 0.375. The number of ether oxygens (including phenoxy) is 1. The second-order valence-electron chi connectivity index (χ2n) is 3.61. The van der Waals surface area contributed by atoms with E-state index in [0.29, 0.717) is 6.42 Å². The van der Waals surface area contributed by atoms with Crippen LogP contribution in [0.5, 0.6) is 5.75 Å². The second-order valence-corrected chi connectivity index (χ2v) is 3.61. The van der Waals surface area contributed by atoms with Gasteiger partial charge in [0.1, 0.15) is 11.4 Å². The molecule has 0 saturated carbocycles. The third-order valence-electron chi connectivity index (χ3n) is 2.31. The summed E-state index contributed by atoms with van der Waals surface area (Å²) in [5.74, 6) is 0.773. The Morgan fingerprint density at radius 1 is 1.60 bits per heavy atom. The van der Waals surface area contributed by atoms with Gasteiger partial charge in [-0.15, -0.1) is 0 Å². The van der Waals surface area contributed by atoms with E-state index >= 15 is 0 Å². The van der Waals surface area contributed by atoms with Crippen LogP contribution in [-0.4, -0.2) is 27.7 Å². The van der Waals surface area contributed by atoms with E-state index in [0.717, 1.165) is 17.0 Å². The van der Waals surface area contributed by atoms with Crippen LogP contribution in [0.15, 0.2) is 24.7 Å². The standard InChI is InChI=1S/C11H14N2O2/c1-8(14)5-9-7-13-4-3-12-11(13)6-10(9)15-2/h3-4,6-8,14H,5H2,1-2H3. The molecule has 0 fully saturated rings. The maximum atomic E-state index is 9.37. The number of aromatic nitrogens is 2. The van der Waals surface area contributed by atoms with Crippen LogP contribution in [0.1, 0.15) is 12.5 Å². The molecule has 1 unspecified atom stereocenters. The molecule has 0 spiro atoms. The van der Waals surface area contributed by atoms with Crippen LogP contribution >= 0.6 is 0 Å². The maximum absolute atomic E-state index is 9.37. The smallest absolute Gasteiger partial charge is 0.140 e. The molecule has 1 N–H and O–H groups in total. The van der Waals surface area contributed by atoms with Crippen molar-refractivity contribution in [3.8, 4) is 5.75 Å². The van der Waals surface area contributed by atoms with Gasteiger partial charge >= 0.3 is 0 Å². The predicted molar refractivity (Wildman–Crippen MR) is 57.1 cm³/mol. The Hall–Kier alpha value is -1.55. The summed E-state index contributed by atoms with van der Waals surface area (Å²) in [5, 5.41) is 9.37. The van der Waals surface area contributed by atoms with E-state index < -0.39 is 0 Å². The molecule has 0 aromatic carbocycles. The monoisotopic (exact) mass is 206 g/mol. The number of hydrogen-bond donors (Lipinski definition) is 1. The van der Waals surface area contributed by atoms with Crippen molar-refractivity contribution in [3.63, 3.8) is 0 Å². The van der Waals surface area contributed by atoms with Crippen LogP contribution in [0.4, 0.5) is 0 Å². The van der Waals surface area contributed by atoms with Gasteiger partial charge in [-0.2, -0.15) is 0 Å². The third-order valence-corrected chi connectivity index (χ3v) is 2.31. The van der Waals surface area contributed by atoms with Crippen molar-refractivity contribution < 1.29 is 9.84 Å². The molecule has 0 saturated heterocycles. The Morgan fingerprint density at radius 2 is 2.40 bits per heavy atom. The van der Waals surface area contributed by atoms with Gasteiger partial charge in [-0.05, 0) is 6.92 Å². The molecular weight excluding hydrogens is 192 g/mol. The van der Waals surface area contributed by atoms with Gasteiger partial charge in [0.25, 0.3) is 0 Å². The van der Waals surface area contributed by atoms with Crippen LogP contribution in [0.2, 0.25) is 0 Å². The highest BCUT2D eigenvalue weighted by Gasteiger charge is 2.08. The maximum Gasteiger partial charge on any atom is 0.140 e. The van der Waals surface area contributed by atoms with Gasteiger partial charge in [0, 0.05) is 36.6 Å². The zero-order valence-corrected chi connectivity index (χ0v) is 8.84. The molecule has 2 aromatic rings. The molecule has 4 nitrogen and oxygen atoms in total. The quantitative estimate of drug-likeness (QED) is 0.822. The molecule has 2 rings (SSSR count). The van der Waals surface area contributed by atoms with Gasteiger partial charge in [0.2, 0.25) is 0 Å². The highest BCUT2D eigenvalue weighted by Crippen LogP contribution is 2.21. The topological polar surface area (TPSA) is 46.8 Å². The first-order valence-electron chi connectivity index (χ1n) is 4.88. The number of pyridine rings is 1. The van der Waals surface area contributed by atoms with Gasteiger partial charge in [0.15, 0.2) is 0 Å². The molecule has 0 amide bonds. The fourth-order valence-electron chi connectivity index (χ4n) is 1.65. The second kappa shape index (κ2) is 3.90. The number of hydrogen-bond acceptors (Lipinski definition) is 3. The fourth-order valence-corrected chi connectivity index (χ4v) is 1.65. The van der Waals surface area contributed by atoms with E-state index in [2.05, 4.69) is 4.98 Å². The summed E-state index contributed by atoms with van der Waals surface area (Å²) in [6.45, 7) is 1.76. The summed E-state index contributed by atoms with van der Waals surface area (Å²) >= 11 is 0. The summed E-state index contributed by atoms with van der Waals surface area (Å²) in [5.41, 5.74) is 1.83. The van der Waals surface area contributed by atoms with E-state index in [-0.39, 0.29) is 6.10 Å². The number of nitrogens with zero attached hydrogens (tertiary/aromatic N) is 2. The SMILES string of the molecule is COc1cc2nccn2cc1CC(C)O. The zero-order chi connectivity index (χ0) is 10.8. The van der Waals surface area contributed by atoms with Crippen LogP contribution in [0.3, 0.4) is 0 Å². The van der Waals surface area contributed by atoms with Crippen LogP contribution in [-0.2, 0) is 6.42 Å². The number of aliphatic hydroxyl groups is 1. The minimum Gasteiger partial charge on any atom is -0.496 e. The summed E-state index contributed by atoms with van der Waals surface area (Å²) in [4.78, 5) is 4.17. The fraction of sp³-hybridized carbons (Fsp3) is 0.364. The zero-order valence-electron chi connectivity index (χ0n) is 8.84. The van der Waals surface area contributed by atoms with Crippen LogP contribution in [0.25, 0.3) is 5.65 Å². The Kier molecular flexibility index (Phi) is 2.60. The lowest BCUT2D eigenvalue weighted by atomic mass is 10.1. The Morgan fingerprint density at radius 3 is 3.07 bits per heavy atom. The molecule has 0 radical (unpaired) electrons. The van der Waals surface area contributed by atoms with Gasteiger partial charge < -0.3 is 14.2 Å². The van der Waals surface area contributed by atoms with E-state index in [1.165, 1.54) is 0 Å². The Labute approximate surface area is 88.1 Å². The van der Waals surface area contributed by atoms with Gasteiger partial charge in [0.05, 0.1) is 13.2 Å². The van der Waals surface area contributed by atoms with Gasteiger partial charge in [-0.1, -0.05) is 0 Å². The van der Waals surface area contributed by atoms with Crippen molar-refractivity contribution in [2.75, 3.05) is 7.11 Å². The van der Waals surface area contributed by atoms with Gasteiger partial charge in [-0.25, -0.2) is 4.98 Å².